The highest BCUT2D eigenvalue weighted by Gasteiger charge is 2.30. The lowest BCUT2D eigenvalue weighted by Crippen LogP contribution is -2.41. The van der Waals surface area contributed by atoms with Gasteiger partial charge >= 0.3 is 5.97 Å². The molecule has 0 saturated carbocycles. The van der Waals surface area contributed by atoms with Gasteiger partial charge in [-0.3, -0.25) is 9.59 Å². The van der Waals surface area contributed by atoms with E-state index in [0.29, 0.717) is 22.6 Å². The van der Waals surface area contributed by atoms with Gasteiger partial charge in [0.05, 0.1) is 26.0 Å². The van der Waals surface area contributed by atoms with Crippen LogP contribution >= 0.6 is 0 Å². The van der Waals surface area contributed by atoms with Crippen molar-refractivity contribution in [2.24, 2.45) is 0 Å². The van der Waals surface area contributed by atoms with Crippen LogP contribution in [0.25, 0.3) is 0 Å². The number of aromatic amines is 1. The molecule has 0 aliphatic carbocycles. The summed E-state index contributed by atoms with van der Waals surface area (Å²) in [4.78, 5) is 41.2. The molecule has 0 aliphatic rings. The number of hydrogen-bond donors (Lipinski definition) is 1. The van der Waals surface area contributed by atoms with Crippen LogP contribution in [0, 0.1) is 13.8 Å². The first-order valence-corrected chi connectivity index (χ1v) is 7.89. The first kappa shape index (κ1) is 18.5. The van der Waals surface area contributed by atoms with E-state index in [1.165, 1.54) is 25.2 Å². The van der Waals surface area contributed by atoms with Gasteiger partial charge in [0, 0.05) is 18.2 Å². The first-order chi connectivity index (χ1) is 11.8. The van der Waals surface area contributed by atoms with Gasteiger partial charge < -0.3 is 19.0 Å². The van der Waals surface area contributed by atoms with E-state index in [9.17, 15) is 14.4 Å². The molecule has 0 aromatic carbocycles. The number of methoxy groups -OCH3 is 1. The summed E-state index contributed by atoms with van der Waals surface area (Å²) < 4.78 is 10.00. The van der Waals surface area contributed by atoms with Crippen LogP contribution in [-0.2, 0) is 16.1 Å². The van der Waals surface area contributed by atoms with Crippen LogP contribution in [0.1, 0.15) is 51.7 Å². The summed E-state index contributed by atoms with van der Waals surface area (Å²) in [7, 11) is 1.28. The highest BCUT2D eigenvalue weighted by atomic mass is 16.5. The van der Waals surface area contributed by atoms with Crippen molar-refractivity contribution in [2.45, 2.75) is 40.3 Å². The van der Waals surface area contributed by atoms with Crippen LogP contribution < -0.4 is 0 Å². The topological polar surface area (TPSA) is 92.6 Å². The molecule has 0 bridgehead atoms. The number of ketones is 1. The molecule has 0 aliphatic heterocycles. The normalized spacial score (nSPS) is 11.9. The fraction of sp³-hybridized carbons (Fsp3) is 0.389. The average Bonchev–Trinajstić information content (AvgIpc) is 3.18. The Bertz CT molecular complexity index is 789. The molecule has 0 fully saturated rings. The molecule has 1 amide bonds. The first-order valence-electron chi connectivity index (χ1n) is 7.89. The van der Waals surface area contributed by atoms with Crippen LogP contribution in [0.15, 0.2) is 22.8 Å². The van der Waals surface area contributed by atoms with E-state index >= 15 is 0 Å². The summed E-state index contributed by atoms with van der Waals surface area (Å²) in [6.07, 6.45) is 1.52. The fourth-order valence-corrected chi connectivity index (χ4v) is 2.87. The second-order valence-corrected chi connectivity index (χ2v) is 5.88. The van der Waals surface area contributed by atoms with Gasteiger partial charge in [0.25, 0.3) is 0 Å². The van der Waals surface area contributed by atoms with Crippen LogP contribution in [0.5, 0.6) is 0 Å². The Kier molecular flexibility index (Phi) is 5.46. The molecule has 2 aromatic heterocycles. The quantitative estimate of drug-likeness (QED) is 0.641. The minimum Gasteiger partial charge on any atom is -0.467 e. The number of nitrogens with zero attached hydrogens (tertiary/aromatic N) is 1. The van der Waals surface area contributed by atoms with Crippen LogP contribution in [-0.4, -0.2) is 40.7 Å². The lowest BCUT2D eigenvalue weighted by molar-refractivity contribution is -0.131. The molecule has 0 spiro atoms. The third-order valence-electron chi connectivity index (χ3n) is 4.23. The lowest BCUT2D eigenvalue weighted by Gasteiger charge is -2.26. The van der Waals surface area contributed by atoms with Crippen molar-refractivity contribution in [3.8, 4) is 0 Å². The van der Waals surface area contributed by atoms with E-state index in [0.717, 1.165) is 0 Å². The maximum absolute atomic E-state index is 13.0. The van der Waals surface area contributed by atoms with Gasteiger partial charge in [-0.15, -0.1) is 0 Å². The number of Topliss-reactive ketones (excluding diaryl/α,β-unsaturated/α-hetero) is 1. The molecule has 2 rings (SSSR count). The number of aromatic nitrogens is 1. The lowest BCUT2D eigenvalue weighted by atomic mass is 9.99. The molecule has 2 aromatic rings. The van der Waals surface area contributed by atoms with Crippen molar-refractivity contribution in [1.29, 1.82) is 0 Å². The van der Waals surface area contributed by atoms with Crippen molar-refractivity contribution in [1.82, 2.24) is 9.88 Å². The Morgan fingerprint density at radius 3 is 2.52 bits per heavy atom. The maximum atomic E-state index is 13.0. The highest BCUT2D eigenvalue weighted by Crippen LogP contribution is 2.22. The predicted octanol–water partition coefficient (Wildman–Crippen LogP) is 2.63. The number of esters is 1. The number of aryl methyl sites for hydroxylation is 1. The summed E-state index contributed by atoms with van der Waals surface area (Å²) in [5, 5.41) is 0. The summed E-state index contributed by atoms with van der Waals surface area (Å²) in [6, 6.07) is 2.76. The molecule has 0 saturated heterocycles. The number of nitrogens with one attached hydrogen (secondary N) is 1. The Hall–Kier alpha value is -2.83. The zero-order valence-electron chi connectivity index (χ0n) is 15.0. The number of rotatable bonds is 6. The number of carbonyl (C=O) groups excluding carboxylic acids is 3. The number of amides is 1. The molecular formula is C18H22N2O5. The molecule has 7 heteroatoms. The number of H-pyrrole nitrogens is 1. The Morgan fingerprint density at radius 2 is 2.00 bits per heavy atom. The Morgan fingerprint density at radius 1 is 1.32 bits per heavy atom. The van der Waals surface area contributed by atoms with Crippen molar-refractivity contribution in [2.75, 3.05) is 7.11 Å². The van der Waals surface area contributed by atoms with Crippen molar-refractivity contribution < 1.29 is 23.5 Å². The Labute approximate surface area is 145 Å². The molecule has 0 radical (unpaired) electrons. The fourth-order valence-electron chi connectivity index (χ4n) is 2.87. The van der Waals surface area contributed by atoms with Gasteiger partial charge in [0.2, 0.25) is 5.91 Å². The molecule has 134 valence electrons. The van der Waals surface area contributed by atoms with Gasteiger partial charge in [-0.25, -0.2) is 4.79 Å². The number of ether oxygens (including phenoxy) is 1. The smallest absolute Gasteiger partial charge is 0.354 e. The van der Waals surface area contributed by atoms with Gasteiger partial charge in [0.15, 0.2) is 5.78 Å². The average molecular weight is 346 g/mol. The molecule has 2 heterocycles. The molecule has 1 atom stereocenters. The number of hydrogen-bond acceptors (Lipinski definition) is 5. The van der Waals surface area contributed by atoms with E-state index < -0.39 is 12.0 Å². The maximum Gasteiger partial charge on any atom is 0.354 e. The third kappa shape index (κ3) is 3.65. The largest absolute Gasteiger partial charge is 0.467 e. The highest BCUT2D eigenvalue weighted by molar-refractivity contribution is 6.06. The van der Waals surface area contributed by atoms with Crippen LogP contribution in [0.2, 0.25) is 0 Å². The standard InChI is InChI=1S/C18H22N2O5/c1-10-15(11(2)19-16(10)18(23)24-5)17(22)12(3)20(13(4)21)9-14-7-6-8-25-14/h6-8,12,19H,9H2,1-5H3/t12-/m1/s1. The molecule has 25 heavy (non-hydrogen) atoms. The van der Waals surface area contributed by atoms with E-state index in [1.807, 2.05) is 0 Å². The van der Waals surface area contributed by atoms with Crippen molar-refractivity contribution in [3.05, 3.63) is 46.7 Å². The summed E-state index contributed by atoms with van der Waals surface area (Å²) in [5.74, 6) is -0.432. The Balaban J connectivity index is 2.33. The van der Waals surface area contributed by atoms with E-state index in [1.54, 1.807) is 32.9 Å². The number of carbonyl (C=O) groups is 3. The predicted molar refractivity (Wildman–Crippen MR) is 90.3 cm³/mol. The number of furan rings is 1. The van der Waals surface area contributed by atoms with Crippen molar-refractivity contribution in [3.63, 3.8) is 0 Å². The van der Waals surface area contributed by atoms with Gasteiger partial charge in [-0.05, 0) is 38.5 Å². The molecular weight excluding hydrogens is 324 g/mol. The van der Waals surface area contributed by atoms with Gasteiger partial charge in [0.1, 0.15) is 11.5 Å². The zero-order valence-corrected chi connectivity index (χ0v) is 15.0. The minimum atomic E-state index is -0.707. The van der Waals surface area contributed by atoms with Gasteiger partial charge in [-0.1, -0.05) is 0 Å². The monoisotopic (exact) mass is 346 g/mol. The van der Waals surface area contributed by atoms with Crippen molar-refractivity contribution >= 4 is 17.7 Å². The summed E-state index contributed by atoms with van der Waals surface area (Å²) >= 11 is 0. The molecule has 7 nitrogen and oxygen atoms in total. The second kappa shape index (κ2) is 7.38. The summed E-state index contributed by atoms with van der Waals surface area (Å²) in [6.45, 7) is 6.66. The van der Waals surface area contributed by atoms with E-state index in [-0.39, 0.29) is 23.9 Å². The minimum absolute atomic E-state index is 0.196. The SMILES string of the molecule is COC(=O)c1[nH]c(C)c(C(=O)[C@@H](C)N(Cc2ccco2)C(C)=O)c1C. The zero-order chi connectivity index (χ0) is 18.7. The second-order valence-electron chi connectivity index (χ2n) is 5.88. The van der Waals surface area contributed by atoms with E-state index in [4.69, 9.17) is 9.15 Å². The molecule has 0 unspecified atom stereocenters. The van der Waals surface area contributed by atoms with Gasteiger partial charge in [-0.2, -0.15) is 0 Å². The van der Waals surface area contributed by atoms with Crippen LogP contribution in [0.3, 0.4) is 0 Å². The van der Waals surface area contributed by atoms with Crippen LogP contribution in [0.4, 0.5) is 0 Å². The third-order valence-corrected chi connectivity index (χ3v) is 4.23. The summed E-state index contributed by atoms with van der Waals surface area (Å²) in [5.41, 5.74) is 1.73. The van der Waals surface area contributed by atoms with E-state index in [2.05, 4.69) is 4.98 Å². The molecule has 1 N–H and O–H groups in total.